The minimum Gasteiger partial charge on any atom is -0.504 e. The number of hydrogen-bond donors (Lipinski definition) is 4. The van der Waals surface area contributed by atoms with Crippen molar-refractivity contribution in [1.29, 1.82) is 0 Å². The zero-order valence-electron chi connectivity index (χ0n) is 25.9. The van der Waals surface area contributed by atoms with Crippen LogP contribution in [-0.4, -0.2) is 41.1 Å². The van der Waals surface area contributed by atoms with Gasteiger partial charge in [-0.05, 0) is 84.2 Å². The summed E-state index contributed by atoms with van der Waals surface area (Å²) in [4.78, 5) is 36.6. The van der Waals surface area contributed by atoms with E-state index in [9.17, 15) is 23.2 Å². The van der Waals surface area contributed by atoms with E-state index in [0.717, 1.165) is 12.1 Å². The maximum atomic E-state index is 14.7. The van der Waals surface area contributed by atoms with E-state index in [2.05, 4.69) is 5.32 Å². The van der Waals surface area contributed by atoms with Gasteiger partial charge < -0.3 is 30.7 Å². The van der Waals surface area contributed by atoms with Crippen molar-refractivity contribution in [2.45, 2.75) is 75.2 Å². The van der Waals surface area contributed by atoms with Gasteiger partial charge in [-0.25, -0.2) is 8.78 Å². The molecule has 234 valence electrons. The Morgan fingerprint density at radius 3 is 1.60 bits per heavy atom. The third-order valence-corrected chi connectivity index (χ3v) is 5.66. The molecule has 0 heterocycles. The van der Waals surface area contributed by atoms with Crippen LogP contribution < -0.4 is 20.5 Å². The first-order chi connectivity index (χ1) is 19.1. The molecule has 0 aliphatic heterocycles. The lowest BCUT2D eigenvalue weighted by Gasteiger charge is -2.21. The molecule has 0 bridgehead atoms. The smallest absolute Gasteiger partial charge is 0.316 e. The zero-order valence-corrected chi connectivity index (χ0v) is 25.9. The summed E-state index contributed by atoms with van der Waals surface area (Å²) in [6, 6.07) is 4.43. The molecule has 5 N–H and O–H groups in total. The number of phenols is 2. The van der Waals surface area contributed by atoms with Crippen molar-refractivity contribution in [3.63, 3.8) is 0 Å². The van der Waals surface area contributed by atoms with Crippen molar-refractivity contribution < 1.29 is 42.9 Å². The minimum atomic E-state index is -0.822. The highest BCUT2D eigenvalue weighted by Crippen LogP contribution is 2.34. The molecule has 0 atom stereocenters. The Kier molecular flexibility index (Phi) is 12.5. The Morgan fingerprint density at radius 2 is 1.14 bits per heavy atom. The second-order valence-corrected chi connectivity index (χ2v) is 12.9. The Hall–Kier alpha value is -3.73. The molecule has 0 aromatic heterocycles. The van der Waals surface area contributed by atoms with Crippen LogP contribution in [0.5, 0.6) is 23.0 Å². The number of esters is 2. The molecule has 9 nitrogen and oxygen atoms in total. The molecule has 42 heavy (non-hydrogen) atoms. The normalized spacial score (nSPS) is 11.7. The summed E-state index contributed by atoms with van der Waals surface area (Å²) in [6.45, 7) is 15.9. The van der Waals surface area contributed by atoms with Crippen molar-refractivity contribution >= 4 is 17.8 Å². The summed E-state index contributed by atoms with van der Waals surface area (Å²) in [6.07, 6.45) is 0.529. The molecule has 2 aromatic carbocycles. The Labute approximate surface area is 246 Å². The van der Waals surface area contributed by atoms with E-state index in [1.54, 1.807) is 62.3 Å². The Balaban J connectivity index is 0.000000609. The number of phenolic OH excluding ortho intramolecular Hbond substituents is 2. The van der Waals surface area contributed by atoms with Crippen LogP contribution in [0.1, 0.15) is 73.4 Å². The van der Waals surface area contributed by atoms with Gasteiger partial charge in [-0.1, -0.05) is 20.8 Å². The van der Waals surface area contributed by atoms with Gasteiger partial charge in [0.25, 0.3) is 0 Å². The molecular weight excluding hydrogens is 548 g/mol. The van der Waals surface area contributed by atoms with Crippen molar-refractivity contribution in [3.8, 4) is 23.0 Å². The van der Waals surface area contributed by atoms with Gasteiger partial charge in [-0.3, -0.25) is 14.4 Å². The summed E-state index contributed by atoms with van der Waals surface area (Å²) < 4.78 is 38.3. The molecule has 0 fully saturated rings. The highest BCUT2D eigenvalue weighted by Gasteiger charge is 2.29. The highest BCUT2D eigenvalue weighted by molar-refractivity contribution is 5.82. The Bertz CT molecular complexity index is 1270. The van der Waals surface area contributed by atoms with Crippen LogP contribution in [-0.2, 0) is 27.2 Å². The predicted molar refractivity (Wildman–Crippen MR) is 155 cm³/mol. The SMILES string of the molecule is CC(C)(C)C(=O)NCCc1cc(OC(=O)C(C)(C)C)c(OC(=O)C(C)(C)C)cc1[18F].NCCc1cc(O)c(O)cc1[18F]. The van der Waals surface area contributed by atoms with Crippen molar-refractivity contribution in [2.24, 2.45) is 22.0 Å². The molecule has 0 radical (unpaired) electrons. The van der Waals surface area contributed by atoms with Crippen LogP contribution in [0.15, 0.2) is 24.3 Å². The third-order valence-electron chi connectivity index (χ3n) is 5.66. The number of carbonyl (C=O) groups is 3. The largest absolute Gasteiger partial charge is 0.504 e. The number of nitrogens with two attached hydrogens (primary N) is 1. The van der Waals surface area contributed by atoms with E-state index >= 15 is 0 Å². The molecule has 11 heteroatoms. The number of carbonyl (C=O) groups excluding carboxylic acids is 3. The van der Waals surface area contributed by atoms with Crippen LogP contribution in [0.25, 0.3) is 0 Å². The van der Waals surface area contributed by atoms with Crippen molar-refractivity contribution in [3.05, 3.63) is 47.0 Å². The molecular formula is C31H44F2N2O7. The maximum absolute atomic E-state index is 14.7. The highest BCUT2D eigenvalue weighted by atomic mass is 18.2. The lowest BCUT2D eigenvalue weighted by molar-refractivity contribution is -0.145. The van der Waals surface area contributed by atoms with Gasteiger partial charge in [-0.15, -0.1) is 0 Å². The summed E-state index contributed by atoms with van der Waals surface area (Å²) in [5, 5.41) is 20.6. The van der Waals surface area contributed by atoms with Crippen LogP contribution >= 0.6 is 0 Å². The van der Waals surface area contributed by atoms with Gasteiger partial charge in [0.05, 0.1) is 10.8 Å². The second-order valence-electron chi connectivity index (χ2n) is 12.9. The summed E-state index contributed by atoms with van der Waals surface area (Å²) in [5.41, 5.74) is 3.57. The van der Waals surface area contributed by atoms with Gasteiger partial charge in [0.15, 0.2) is 23.0 Å². The first-order valence-electron chi connectivity index (χ1n) is 13.5. The number of halogens is 2. The van der Waals surface area contributed by atoms with E-state index in [1.165, 1.54) is 12.1 Å². The van der Waals surface area contributed by atoms with Gasteiger partial charge in [-0.2, -0.15) is 0 Å². The number of nitrogens with one attached hydrogen (secondary N) is 1. The quantitative estimate of drug-likeness (QED) is 0.196. The van der Waals surface area contributed by atoms with E-state index in [-0.39, 0.29) is 41.7 Å². The number of ether oxygens (including phenoxy) is 2. The van der Waals surface area contributed by atoms with Crippen molar-refractivity contribution in [2.75, 3.05) is 13.1 Å². The fourth-order valence-electron chi connectivity index (χ4n) is 2.95. The lowest BCUT2D eigenvalue weighted by Crippen LogP contribution is -2.36. The van der Waals surface area contributed by atoms with E-state index in [0.29, 0.717) is 18.5 Å². The molecule has 0 saturated carbocycles. The average molecular weight is 593 g/mol. The number of aromatic hydroxyl groups is 2. The maximum Gasteiger partial charge on any atom is 0.316 e. The predicted octanol–water partition coefficient (Wildman–Crippen LogP) is 5.17. The van der Waals surface area contributed by atoms with E-state index < -0.39 is 45.6 Å². The van der Waals surface area contributed by atoms with E-state index in [4.69, 9.17) is 25.4 Å². The van der Waals surface area contributed by atoms with Gasteiger partial charge in [0, 0.05) is 24.1 Å². The lowest BCUT2D eigenvalue weighted by atomic mass is 9.95. The fraction of sp³-hybridized carbons (Fsp3) is 0.516. The fourth-order valence-corrected chi connectivity index (χ4v) is 2.95. The van der Waals surface area contributed by atoms with E-state index in [1.807, 2.05) is 0 Å². The molecule has 2 rings (SSSR count). The standard InChI is InChI=1S/C23H34FNO5.C8H10FNO2/c1-21(2,3)18(26)25-11-10-14-12-16(29-19(27)22(4,5)6)17(13-15(14)24)30-20(28)23(7,8)9;9-6-4-8(12)7(11)3-5(6)1-2-10/h12-13H,10-11H2,1-9H3,(H,25,26);3-4,11-12H,1-2,10H2/i24-1;9-1. The number of rotatable bonds is 7. The summed E-state index contributed by atoms with van der Waals surface area (Å²) in [5.74, 6) is -3.41. The zero-order chi connectivity index (χ0) is 32.6. The average Bonchev–Trinajstić information content (AvgIpc) is 2.83. The van der Waals surface area contributed by atoms with Crippen LogP contribution in [0.4, 0.5) is 8.78 Å². The van der Waals surface area contributed by atoms with Gasteiger partial charge in [0.1, 0.15) is 11.6 Å². The number of hydrogen-bond acceptors (Lipinski definition) is 8. The van der Waals surface area contributed by atoms with Crippen LogP contribution in [0, 0.1) is 27.9 Å². The second kappa shape index (κ2) is 14.4. The first-order valence-corrected chi connectivity index (χ1v) is 13.5. The minimum absolute atomic E-state index is 0.0360. The molecule has 0 saturated heterocycles. The van der Waals surface area contributed by atoms with Gasteiger partial charge in [0.2, 0.25) is 5.91 Å². The molecule has 0 spiro atoms. The topological polar surface area (TPSA) is 148 Å². The molecule has 2 aromatic rings. The van der Waals surface area contributed by atoms with Crippen LogP contribution in [0.2, 0.25) is 0 Å². The molecule has 0 unspecified atom stereocenters. The third kappa shape index (κ3) is 11.3. The Morgan fingerprint density at radius 1 is 0.714 bits per heavy atom. The summed E-state index contributed by atoms with van der Waals surface area (Å²) in [7, 11) is 0. The molecule has 0 aliphatic rings. The van der Waals surface area contributed by atoms with Crippen molar-refractivity contribution in [1.82, 2.24) is 5.32 Å². The summed E-state index contributed by atoms with van der Waals surface area (Å²) >= 11 is 0. The molecule has 1 amide bonds. The molecule has 0 aliphatic carbocycles. The first kappa shape index (κ1) is 36.3. The van der Waals surface area contributed by atoms with Crippen LogP contribution in [0.3, 0.4) is 0 Å². The number of amides is 1. The van der Waals surface area contributed by atoms with Gasteiger partial charge >= 0.3 is 11.9 Å². The monoisotopic (exact) mass is 592 g/mol. The number of benzene rings is 2.